The van der Waals surface area contributed by atoms with Crippen LogP contribution >= 0.6 is 7.60 Å². The van der Waals surface area contributed by atoms with Crippen LogP contribution in [0.25, 0.3) is 22.4 Å². The van der Waals surface area contributed by atoms with Gasteiger partial charge in [-0.25, -0.2) is 9.97 Å². The third kappa shape index (κ3) is 4.08. The molecule has 25 heavy (non-hydrogen) atoms. The summed E-state index contributed by atoms with van der Waals surface area (Å²) in [5.74, 6) is 0.317. The number of aromatic nitrogens is 4. The number of nitrogens with zero attached hydrogens (tertiary/aromatic N) is 4. The van der Waals surface area contributed by atoms with Gasteiger partial charge in [-0.05, 0) is 12.5 Å². The van der Waals surface area contributed by atoms with Crippen LogP contribution in [0.2, 0.25) is 0 Å². The van der Waals surface area contributed by atoms with Gasteiger partial charge in [-0.2, -0.15) is 9.97 Å². The summed E-state index contributed by atoms with van der Waals surface area (Å²) in [5.41, 5.74) is 8.20. The molecule has 1 aromatic carbocycles. The minimum Gasteiger partial charge on any atom is -0.476 e. The van der Waals surface area contributed by atoms with Crippen molar-refractivity contribution in [1.82, 2.24) is 19.9 Å². The fraction of sp³-hybridized carbons (Fsp3) is 0.200. The SMILES string of the molecule is CCOc1nc(N)nc2ncc(-c3ccc(CP(=O)(O)O)cc3)nc12. The van der Waals surface area contributed by atoms with Gasteiger partial charge in [0.05, 0.1) is 24.7 Å². The summed E-state index contributed by atoms with van der Waals surface area (Å²) >= 11 is 0. The molecule has 0 radical (unpaired) electrons. The average Bonchev–Trinajstić information content (AvgIpc) is 2.54. The van der Waals surface area contributed by atoms with Gasteiger partial charge in [0.2, 0.25) is 11.8 Å². The quantitative estimate of drug-likeness (QED) is 0.579. The van der Waals surface area contributed by atoms with Gasteiger partial charge < -0.3 is 20.3 Å². The molecule has 0 aliphatic carbocycles. The van der Waals surface area contributed by atoms with E-state index in [1.807, 2.05) is 6.92 Å². The van der Waals surface area contributed by atoms with Crippen LogP contribution in [-0.2, 0) is 10.7 Å². The Kier molecular flexibility index (Phi) is 4.63. The van der Waals surface area contributed by atoms with Gasteiger partial charge in [0, 0.05) is 5.56 Å². The summed E-state index contributed by atoms with van der Waals surface area (Å²) in [4.78, 5) is 34.9. The molecule has 0 saturated carbocycles. The van der Waals surface area contributed by atoms with Crippen LogP contribution in [0.5, 0.6) is 5.88 Å². The summed E-state index contributed by atoms with van der Waals surface area (Å²) in [5, 5.41) is 0. The molecular weight excluding hydrogens is 345 g/mol. The second-order valence-electron chi connectivity index (χ2n) is 5.27. The zero-order chi connectivity index (χ0) is 18.0. The highest BCUT2D eigenvalue weighted by molar-refractivity contribution is 7.50. The van der Waals surface area contributed by atoms with Crippen LogP contribution in [0.4, 0.5) is 5.95 Å². The molecule has 2 aromatic heterocycles. The highest BCUT2D eigenvalue weighted by Gasteiger charge is 2.15. The molecule has 2 heterocycles. The molecule has 0 aliphatic rings. The number of hydrogen-bond donors (Lipinski definition) is 3. The molecular formula is C15H16N5O4P. The summed E-state index contributed by atoms with van der Waals surface area (Å²) in [6.45, 7) is 2.22. The topological polar surface area (TPSA) is 144 Å². The van der Waals surface area contributed by atoms with E-state index in [0.717, 1.165) is 5.56 Å². The molecule has 9 nitrogen and oxygen atoms in total. The maximum Gasteiger partial charge on any atom is 0.329 e. The second kappa shape index (κ2) is 6.72. The molecule has 0 saturated heterocycles. The smallest absolute Gasteiger partial charge is 0.329 e. The van der Waals surface area contributed by atoms with Gasteiger partial charge in [0.25, 0.3) is 0 Å². The van der Waals surface area contributed by atoms with E-state index in [9.17, 15) is 4.57 Å². The first-order chi connectivity index (χ1) is 11.9. The Labute approximate surface area is 143 Å². The fourth-order valence-electron chi connectivity index (χ4n) is 2.29. The van der Waals surface area contributed by atoms with E-state index in [1.54, 1.807) is 30.5 Å². The number of rotatable bonds is 5. The summed E-state index contributed by atoms with van der Waals surface area (Å²) in [6, 6.07) is 6.73. The third-order valence-electron chi connectivity index (χ3n) is 3.31. The first kappa shape index (κ1) is 17.2. The lowest BCUT2D eigenvalue weighted by Gasteiger charge is -2.08. The predicted octanol–water partition coefficient (Wildman–Crippen LogP) is 1.75. The van der Waals surface area contributed by atoms with Crippen molar-refractivity contribution in [3.05, 3.63) is 36.0 Å². The number of hydrogen-bond acceptors (Lipinski definition) is 7. The molecule has 0 spiro atoms. The minimum atomic E-state index is -4.10. The molecule has 0 unspecified atom stereocenters. The molecule has 0 fully saturated rings. The monoisotopic (exact) mass is 361 g/mol. The highest BCUT2D eigenvalue weighted by atomic mass is 31.2. The molecule has 0 amide bonds. The van der Waals surface area contributed by atoms with Crippen molar-refractivity contribution >= 4 is 24.7 Å². The first-order valence-corrected chi connectivity index (χ1v) is 9.22. The normalized spacial score (nSPS) is 11.6. The Bertz CT molecular complexity index is 958. The lowest BCUT2D eigenvalue weighted by atomic mass is 10.1. The summed E-state index contributed by atoms with van der Waals surface area (Å²) < 4.78 is 16.5. The number of nitrogen functional groups attached to an aromatic ring is 1. The van der Waals surface area contributed by atoms with Crippen LogP contribution in [0, 0.1) is 0 Å². The second-order valence-corrected chi connectivity index (χ2v) is 6.91. The number of nitrogens with two attached hydrogens (primary N) is 1. The van der Waals surface area contributed by atoms with Crippen LogP contribution < -0.4 is 10.5 Å². The standard InChI is InChI=1S/C15H16N5O4P/c1-2-24-14-12-13(19-15(16)20-14)17-7-11(18-12)10-5-3-9(4-6-10)8-25(21,22)23/h3-7H,2,8H2,1H3,(H2,21,22,23)(H2,16,17,19,20). The molecule has 10 heteroatoms. The zero-order valence-corrected chi connectivity index (χ0v) is 14.2. The molecule has 4 N–H and O–H groups in total. The fourth-order valence-corrected chi connectivity index (χ4v) is 2.98. The Morgan fingerprint density at radius 2 is 1.88 bits per heavy atom. The number of benzene rings is 1. The number of anilines is 1. The molecule has 3 rings (SSSR count). The van der Waals surface area contributed by atoms with E-state index >= 15 is 0 Å². The van der Waals surface area contributed by atoms with Crippen LogP contribution in [-0.4, -0.2) is 36.3 Å². The minimum absolute atomic E-state index is 0.0554. The lowest BCUT2D eigenvalue weighted by Crippen LogP contribution is -2.04. The van der Waals surface area contributed by atoms with Crippen LogP contribution in [0.1, 0.15) is 12.5 Å². The highest BCUT2D eigenvalue weighted by Crippen LogP contribution is 2.39. The van der Waals surface area contributed by atoms with Crippen molar-refractivity contribution in [1.29, 1.82) is 0 Å². The first-order valence-electron chi connectivity index (χ1n) is 7.42. The van der Waals surface area contributed by atoms with Gasteiger partial charge in [0.1, 0.15) is 0 Å². The van der Waals surface area contributed by atoms with Gasteiger partial charge in [-0.15, -0.1) is 0 Å². The van der Waals surface area contributed by atoms with Crippen LogP contribution in [0.15, 0.2) is 30.5 Å². The summed E-state index contributed by atoms with van der Waals surface area (Å²) in [6.07, 6.45) is 1.24. The van der Waals surface area contributed by atoms with Crippen molar-refractivity contribution in [3.8, 4) is 17.1 Å². The summed E-state index contributed by atoms with van der Waals surface area (Å²) in [7, 11) is -4.10. The largest absolute Gasteiger partial charge is 0.476 e. The van der Waals surface area contributed by atoms with Gasteiger partial charge >= 0.3 is 7.60 Å². The zero-order valence-electron chi connectivity index (χ0n) is 13.3. The van der Waals surface area contributed by atoms with Crippen molar-refractivity contribution in [3.63, 3.8) is 0 Å². The lowest BCUT2D eigenvalue weighted by molar-refractivity contribution is 0.330. The number of fused-ring (bicyclic) bond motifs is 1. The van der Waals surface area contributed by atoms with E-state index in [2.05, 4.69) is 19.9 Å². The van der Waals surface area contributed by atoms with E-state index in [-0.39, 0.29) is 18.0 Å². The van der Waals surface area contributed by atoms with Gasteiger partial charge in [-0.1, -0.05) is 24.3 Å². The van der Waals surface area contributed by atoms with Crippen molar-refractivity contribution in [2.75, 3.05) is 12.3 Å². The molecule has 0 atom stereocenters. The molecule has 130 valence electrons. The third-order valence-corrected chi connectivity index (χ3v) is 4.09. The van der Waals surface area contributed by atoms with Crippen LogP contribution in [0.3, 0.4) is 0 Å². The Morgan fingerprint density at radius 3 is 2.52 bits per heavy atom. The van der Waals surface area contributed by atoms with Crippen molar-refractivity contribution < 1.29 is 19.1 Å². The Balaban J connectivity index is 2.00. The number of ether oxygens (including phenoxy) is 1. The van der Waals surface area contributed by atoms with Crippen molar-refractivity contribution in [2.45, 2.75) is 13.1 Å². The molecule has 0 bridgehead atoms. The molecule has 0 aliphatic heterocycles. The maximum absolute atomic E-state index is 11.1. The van der Waals surface area contributed by atoms with E-state index < -0.39 is 7.60 Å². The Hall–Kier alpha value is -2.61. The van der Waals surface area contributed by atoms with Gasteiger partial charge in [-0.3, -0.25) is 4.57 Å². The van der Waals surface area contributed by atoms with E-state index in [0.29, 0.717) is 29.0 Å². The molecule has 3 aromatic rings. The predicted molar refractivity (Wildman–Crippen MR) is 91.9 cm³/mol. The van der Waals surface area contributed by atoms with Gasteiger partial charge in [0.15, 0.2) is 11.2 Å². The maximum atomic E-state index is 11.1. The van der Waals surface area contributed by atoms with E-state index in [4.69, 9.17) is 20.3 Å². The van der Waals surface area contributed by atoms with Crippen molar-refractivity contribution in [2.24, 2.45) is 0 Å². The van der Waals surface area contributed by atoms with E-state index in [1.165, 1.54) is 0 Å². The Morgan fingerprint density at radius 1 is 1.16 bits per heavy atom. The average molecular weight is 361 g/mol.